The van der Waals surface area contributed by atoms with Gasteiger partial charge in [0.05, 0.1) is 11.3 Å². The molecule has 0 atom stereocenters. The summed E-state index contributed by atoms with van der Waals surface area (Å²) in [6.45, 7) is -0.730. The fourth-order valence-corrected chi connectivity index (χ4v) is 0.995. The van der Waals surface area contributed by atoms with Crippen molar-refractivity contribution < 1.29 is 27.9 Å². The van der Waals surface area contributed by atoms with E-state index in [1.165, 1.54) is 12.1 Å². The molecule has 0 heterocycles. The SMILES string of the molecule is O=C(O)CONc1ccccc1C(F)(F)F. The molecule has 0 aromatic heterocycles. The van der Waals surface area contributed by atoms with E-state index in [4.69, 9.17) is 5.11 Å². The summed E-state index contributed by atoms with van der Waals surface area (Å²) in [4.78, 5) is 14.5. The molecule has 0 aliphatic heterocycles. The summed E-state index contributed by atoms with van der Waals surface area (Å²) in [5.41, 5.74) is 0.711. The topological polar surface area (TPSA) is 58.6 Å². The summed E-state index contributed by atoms with van der Waals surface area (Å²) in [5, 5.41) is 8.23. The van der Waals surface area contributed by atoms with Crippen molar-refractivity contribution in [2.45, 2.75) is 6.18 Å². The fraction of sp³-hybridized carbons (Fsp3) is 0.222. The number of halogens is 3. The standard InChI is InChI=1S/C9H8F3NO3/c10-9(11,12)6-3-1-2-4-7(6)13-16-5-8(14)15/h1-4,13H,5H2,(H,14,15). The van der Waals surface area contributed by atoms with Crippen molar-refractivity contribution in [2.75, 3.05) is 12.1 Å². The van der Waals surface area contributed by atoms with E-state index in [1.54, 1.807) is 0 Å². The van der Waals surface area contributed by atoms with Gasteiger partial charge in [0.15, 0.2) is 6.61 Å². The van der Waals surface area contributed by atoms with Gasteiger partial charge in [-0.1, -0.05) is 12.1 Å². The van der Waals surface area contributed by atoms with E-state index < -0.39 is 24.3 Å². The molecular formula is C9H8F3NO3. The number of carbonyl (C=O) groups is 1. The summed E-state index contributed by atoms with van der Waals surface area (Å²) < 4.78 is 37.3. The van der Waals surface area contributed by atoms with E-state index in [-0.39, 0.29) is 5.69 Å². The van der Waals surface area contributed by atoms with Crippen molar-refractivity contribution in [1.82, 2.24) is 0 Å². The number of anilines is 1. The van der Waals surface area contributed by atoms with Gasteiger partial charge in [-0.15, -0.1) is 0 Å². The maximum Gasteiger partial charge on any atom is 0.418 e. The van der Waals surface area contributed by atoms with Gasteiger partial charge in [-0.25, -0.2) is 4.79 Å². The highest BCUT2D eigenvalue weighted by Crippen LogP contribution is 2.34. The zero-order valence-electron chi connectivity index (χ0n) is 7.91. The van der Waals surface area contributed by atoms with Crippen molar-refractivity contribution in [3.8, 4) is 0 Å². The summed E-state index contributed by atoms with van der Waals surface area (Å²) >= 11 is 0. The molecule has 0 bridgehead atoms. The number of benzene rings is 1. The Hall–Kier alpha value is -1.76. The van der Waals surface area contributed by atoms with Gasteiger partial charge < -0.3 is 5.11 Å². The number of hydrogen-bond acceptors (Lipinski definition) is 3. The van der Waals surface area contributed by atoms with Crippen LogP contribution in [0, 0.1) is 0 Å². The maximum absolute atomic E-state index is 12.4. The molecule has 0 fully saturated rings. The quantitative estimate of drug-likeness (QED) is 0.785. The highest BCUT2D eigenvalue weighted by Gasteiger charge is 2.33. The minimum absolute atomic E-state index is 0.323. The maximum atomic E-state index is 12.4. The Morgan fingerprint density at radius 1 is 1.38 bits per heavy atom. The fourth-order valence-electron chi connectivity index (χ4n) is 0.995. The van der Waals surface area contributed by atoms with E-state index in [0.717, 1.165) is 12.1 Å². The lowest BCUT2D eigenvalue weighted by molar-refractivity contribution is -0.141. The van der Waals surface area contributed by atoms with Crippen LogP contribution < -0.4 is 5.48 Å². The summed E-state index contributed by atoms with van der Waals surface area (Å²) in [6.07, 6.45) is -4.52. The normalized spacial score (nSPS) is 11.2. The Balaban J connectivity index is 2.76. The molecule has 0 radical (unpaired) electrons. The molecule has 0 saturated heterocycles. The predicted molar refractivity (Wildman–Crippen MR) is 48.7 cm³/mol. The van der Waals surface area contributed by atoms with Crippen molar-refractivity contribution in [1.29, 1.82) is 0 Å². The Morgan fingerprint density at radius 3 is 2.56 bits per heavy atom. The van der Waals surface area contributed by atoms with Crippen molar-refractivity contribution in [2.24, 2.45) is 0 Å². The third kappa shape index (κ3) is 3.43. The average Bonchev–Trinajstić information content (AvgIpc) is 2.16. The van der Waals surface area contributed by atoms with Crippen LogP contribution in [0.15, 0.2) is 24.3 Å². The Kier molecular flexibility index (Phi) is 3.73. The van der Waals surface area contributed by atoms with Gasteiger partial charge in [0.1, 0.15) is 0 Å². The van der Waals surface area contributed by atoms with Crippen LogP contribution in [0.25, 0.3) is 0 Å². The van der Waals surface area contributed by atoms with E-state index in [9.17, 15) is 18.0 Å². The predicted octanol–water partition coefficient (Wildman–Crippen LogP) is 2.13. The van der Waals surface area contributed by atoms with Gasteiger partial charge in [0.25, 0.3) is 0 Å². The van der Waals surface area contributed by atoms with Crippen LogP contribution in [-0.4, -0.2) is 17.7 Å². The third-order valence-corrected chi connectivity index (χ3v) is 1.61. The van der Waals surface area contributed by atoms with Gasteiger partial charge in [0, 0.05) is 0 Å². The van der Waals surface area contributed by atoms with Gasteiger partial charge >= 0.3 is 12.1 Å². The van der Waals surface area contributed by atoms with E-state index in [1.807, 2.05) is 5.48 Å². The molecule has 0 saturated carbocycles. The summed E-state index contributed by atoms with van der Waals surface area (Å²) in [7, 11) is 0. The second kappa shape index (κ2) is 4.84. The van der Waals surface area contributed by atoms with Crippen LogP contribution in [0.3, 0.4) is 0 Å². The number of alkyl halides is 3. The molecule has 0 unspecified atom stereocenters. The molecule has 1 aromatic carbocycles. The smallest absolute Gasteiger partial charge is 0.418 e. The molecule has 0 amide bonds. The first-order chi connectivity index (χ1) is 7.41. The van der Waals surface area contributed by atoms with Gasteiger partial charge in [-0.05, 0) is 12.1 Å². The third-order valence-electron chi connectivity index (χ3n) is 1.61. The first-order valence-corrected chi connectivity index (χ1v) is 4.17. The number of rotatable bonds is 4. The lowest BCUT2D eigenvalue weighted by atomic mass is 10.2. The Bertz CT molecular complexity index is 379. The molecule has 88 valence electrons. The van der Waals surface area contributed by atoms with E-state index >= 15 is 0 Å². The first-order valence-electron chi connectivity index (χ1n) is 4.17. The minimum Gasteiger partial charge on any atom is -0.479 e. The molecule has 4 nitrogen and oxygen atoms in total. The molecule has 1 aromatic rings. The molecule has 1 rings (SSSR count). The molecule has 2 N–H and O–H groups in total. The minimum atomic E-state index is -4.52. The van der Waals surface area contributed by atoms with E-state index in [2.05, 4.69) is 4.84 Å². The highest BCUT2D eigenvalue weighted by atomic mass is 19.4. The van der Waals surface area contributed by atoms with Crippen LogP contribution >= 0.6 is 0 Å². The van der Waals surface area contributed by atoms with Crippen LogP contribution in [0.5, 0.6) is 0 Å². The zero-order valence-corrected chi connectivity index (χ0v) is 7.91. The van der Waals surface area contributed by atoms with Crippen LogP contribution in [0.1, 0.15) is 5.56 Å². The van der Waals surface area contributed by atoms with Crippen molar-refractivity contribution in [3.63, 3.8) is 0 Å². The molecule has 0 aliphatic rings. The Morgan fingerprint density at radius 2 is 2.00 bits per heavy atom. The number of hydrogen-bond donors (Lipinski definition) is 2. The number of nitrogens with one attached hydrogen (secondary N) is 1. The number of aliphatic carboxylic acids is 1. The lowest BCUT2D eigenvalue weighted by Gasteiger charge is -2.13. The Labute approximate surface area is 88.6 Å². The van der Waals surface area contributed by atoms with Gasteiger partial charge in [0.2, 0.25) is 0 Å². The summed E-state index contributed by atoms with van der Waals surface area (Å²) in [5.74, 6) is -1.28. The van der Waals surface area contributed by atoms with Crippen LogP contribution in [-0.2, 0) is 15.8 Å². The molecular weight excluding hydrogens is 227 g/mol. The van der Waals surface area contributed by atoms with Crippen LogP contribution in [0.2, 0.25) is 0 Å². The van der Waals surface area contributed by atoms with Crippen molar-refractivity contribution in [3.05, 3.63) is 29.8 Å². The van der Waals surface area contributed by atoms with E-state index in [0.29, 0.717) is 0 Å². The van der Waals surface area contributed by atoms with Crippen molar-refractivity contribution >= 4 is 11.7 Å². The second-order valence-corrected chi connectivity index (χ2v) is 2.83. The number of para-hydroxylation sites is 1. The zero-order chi connectivity index (χ0) is 12.2. The van der Waals surface area contributed by atoms with Crippen LogP contribution in [0.4, 0.5) is 18.9 Å². The molecule has 16 heavy (non-hydrogen) atoms. The summed E-state index contributed by atoms with van der Waals surface area (Å²) in [6, 6.07) is 4.62. The van der Waals surface area contributed by atoms with Gasteiger partial charge in [-0.3, -0.25) is 10.3 Å². The van der Waals surface area contributed by atoms with Gasteiger partial charge in [-0.2, -0.15) is 13.2 Å². The lowest BCUT2D eigenvalue weighted by Crippen LogP contribution is -2.14. The average molecular weight is 235 g/mol. The first kappa shape index (κ1) is 12.3. The second-order valence-electron chi connectivity index (χ2n) is 2.83. The molecule has 7 heteroatoms. The number of carboxylic acids is 1. The molecule has 0 spiro atoms. The molecule has 0 aliphatic carbocycles. The largest absolute Gasteiger partial charge is 0.479 e. The monoisotopic (exact) mass is 235 g/mol. The number of carboxylic acid groups (broad SMARTS) is 1. The highest BCUT2D eigenvalue weighted by molar-refractivity contribution is 5.68.